The summed E-state index contributed by atoms with van der Waals surface area (Å²) >= 11 is 0. The molecule has 3 rings (SSSR count). The third kappa shape index (κ3) is 5.20. The molecule has 3 fully saturated rings. The molecular weight excluding hydrogens is 337 g/mol. The summed E-state index contributed by atoms with van der Waals surface area (Å²) in [6.45, 7) is 4.83. The van der Waals surface area contributed by atoms with E-state index in [9.17, 15) is 4.79 Å². The molecule has 3 aliphatic heterocycles. The first kappa shape index (κ1) is 21.0. The molecule has 5 nitrogen and oxygen atoms in total. The number of amides is 1. The summed E-state index contributed by atoms with van der Waals surface area (Å²) in [6, 6.07) is 0.687. The predicted molar refractivity (Wildman–Crippen MR) is 96.5 cm³/mol. The number of hydrogen-bond donors (Lipinski definition) is 1. The standard InChI is InChI=1S/C16H29N3O2.2ClH/c17-12-14-5-6-15(21-14)16(20)19-10-3-4-13(7-11-19)18-8-1-2-9-18;;/h13-15H,1-12,17H2;2*1H/t13?,14-,15+;;/m1../s1. The lowest BCUT2D eigenvalue weighted by atomic mass is 10.1. The van der Waals surface area contributed by atoms with Crippen LogP contribution in [0.3, 0.4) is 0 Å². The maximum Gasteiger partial charge on any atom is 0.251 e. The maximum absolute atomic E-state index is 12.6. The van der Waals surface area contributed by atoms with Crippen molar-refractivity contribution < 1.29 is 9.53 Å². The van der Waals surface area contributed by atoms with Gasteiger partial charge in [0.1, 0.15) is 6.10 Å². The van der Waals surface area contributed by atoms with Crippen LogP contribution in [0, 0.1) is 0 Å². The Balaban J connectivity index is 0.00000132. The van der Waals surface area contributed by atoms with E-state index in [0.29, 0.717) is 12.6 Å². The highest BCUT2D eigenvalue weighted by molar-refractivity contribution is 5.85. The van der Waals surface area contributed by atoms with Crippen LogP contribution in [0.4, 0.5) is 0 Å². The Morgan fingerprint density at radius 2 is 1.70 bits per heavy atom. The van der Waals surface area contributed by atoms with E-state index in [1.807, 2.05) is 4.90 Å². The molecule has 3 heterocycles. The zero-order chi connectivity index (χ0) is 14.7. The van der Waals surface area contributed by atoms with Gasteiger partial charge in [-0.2, -0.15) is 0 Å². The first-order chi connectivity index (χ1) is 10.3. The summed E-state index contributed by atoms with van der Waals surface area (Å²) in [5.41, 5.74) is 5.63. The predicted octanol–water partition coefficient (Wildman–Crippen LogP) is 1.81. The number of carbonyl (C=O) groups excluding carboxylic acids is 1. The Morgan fingerprint density at radius 3 is 2.35 bits per heavy atom. The van der Waals surface area contributed by atoms with E-state index in [4.69, 9.17) is 10.5 Å². The minimum Gasteiger partial charge on any atom is -0.364 e. The van der Waals surface area contributed by atoms with Crippen molar-refractivity contribution in [2.45, 2.75) is 63.2 Å². The number of nitrogens with two attached hydrogens (primary N) is 1. The molecule has 0 aromatic rings. The van der Waals surface area contributed by atoms with Gasteiger partial charge in [0.15, 0.2) is 0 Å². The lowest BCUT2D eigenvalue weighted by Crippen LogP contribution is -2.41. The Labute approximate surface area is 152 Å². The molecule has 1 unspecified atom stereocenters. The topological polar surface area (TPSA) is 58.8 Å². The molecule has 136 valence electrons. The van der Waals surface area contributed by atoms with E-state index in [2.05, 4.69) is 4.90 Å². The van der Waals surface area contributed by atoms with E-state index in [0.717, 1.165) is 38.8 Å². The fourth-order valence-corrected chi connectivity index (χ4v) is 4.04. The van der Waals surface area contributed by atoms with E-state index < -0.39 is 0 Å². The maximum atomic E-state index is 12.6. The van der Waals surface area contributed by atoms with Crippen molar-refractivity contribution in [3.8, 4) is 0 Å². The Hall–Kier alpha value is -0.0700. The fraction of sp³-hybridized carbons (Fsp3) is 0.938. The second-order valence-corrected chi connectivity index (χ2v) is 6.71. The first-order valence-electron chi connectivity index (χ1n) is 8.66. The molecule has 3 saturated heterocycles. The van der Waals surface area contributed by atoms with Crippen molar-refractivity contribution >= 4 is 30.7 Å². The zero-order valence-electron chi connectivity index (χ0n) is 13.8. The minimum atomic E-state index is -0.234. The summed E-state index contributed by atoms with van der Waals surface area (Å²) in [7, 11) is 0. The number of likely N-dealkylation sites (tertiary alicyclic amines) is 2. The molecule has 1 amide bonds. The van der Waals surface area contributed by atoms with Crippen molar-refractivity contribution in [3.05, 3.63) is 0 Å². The number of ether oxygens (including phenoxy) is 1. The summed E-state index contributed by atoms with van der Waals surface area (Å²) in [4.78, 5) is 17.3. The van der Waals surface area contributed by atoms with Gasteiger partial charge >= 0.3 is 0 Å². The van der Waals surface area contributed by atoms with Gasteiger partial charge in [-0.25, -0.2) is 0 Å². The third-order valence-electron chi connectivity index (χ3n) is 5.31. The molecule has 0 aromatic carbocycles. The van der Waals surface area contributed by atoms with E-state index >= 15 is 0 Å². The molecule has 0 saturated carbocycles. The van der Waals surface area contributed by atoms with Crippen LogP contribution in [0.15, 0.2) is 0 Å². The Bertz CT molecular complexity index is 367. The summed E-state index contributed by atoms with van der Waals surface area (Å²) < 4.78 is 5.77. The van der Waals surface area contributed by atoms with Crippen LogP contribution in [0.5, 0.6) is 0 Å². The smallest absolute Gasteiger partial charge is 0.251 e. The molecule has 0 bridgehead atoms. The highest BCUT2D eigenvalue weighted by atomic mass is 35.5. The molecule has 3 aliphatic rings. The van der Waals surface area contributed by atoms with E-state index in [1.165, 1.54) is 32.4 Å². The largest absolute Gasteiger partial charge is 0.364 e. The average molecular weight is 368 g/mol. The van der Waals surface area contributed by atoms with Gasteiger partial charge in [0, 0.05) is 25.7 Å². The Kier molecular flexibility index (Phi) is 9.16. The number of hydrogen-bond acceptors (Lipinski definition) is 4. The van der Waals surface area contributed by atoms with Crippen LogP contribution in [0.25, 0.3) is 0 Å². The van der Waals surface area contributed by atoms with Crippen molar-refractivity contribution in [1.82, 2.24) is 9.80 Å². The molecular formula is C16H31Cl2N3O2. The third-order valence-corrected chi connectivity index (χ3v) is 5.31. The van der Waals surface area contributed by atoms with Gasteiger partial charge in [0.25, 0.3) is 5.91 Å². The molecule has 7 heteroatoms. The Morgan fingerprint density at radius 1 is 0.957 bits per heavy atom. The van der Waals surface area contributed by atoms with Crippen molar-refractivity contribution in [2.75, 3.05) is 32.7 Å². The molecule has 3 atom stereocenters. The monoisotopic (exact) mass is 367 g/mol. The SMILES string of the molecule is Cl.Cl.NC[C@H]1CC[C@@H](C(=O)N2CCCC(N3CCCC3)CC2)O1. The van der Waals surface area contributed by atoms with Crippen LogP contribution in [-0.4, -0.2) is 66.7 Å². The second kappa shape index (κ2) is 10.0. The lowest BCUT2D eigenvalue weighted by molar-refractivity contribution is -0.142. The second-order valence-electron chi connectivity index (χ2n) is 6.71. The van der Waals surface area contributed by atoms with Crippen molar-refractivity contribution in [3.63, 3.8) is 0 Å². The quantitative estimate of drug-likeness (QED) is 0.826. The van der Waals surface area contributed by atoms with Crippen molar-refractivity contribution in [2.24, 2.45) is 5.73 Å². The lowest BCUT2D eigenvalue weighted by Gasteiger charge is -2.27. The van der Waals surface area contributed by atoms with Gasteiger partial charge in [-0.3, -0.25) is 4.79 Å². The van der Waals surface area contributed by atoms with Crippen LogP contribution >= 0.6 is 24.8 Å². The van der Waals surface area contributed by atoms with Gasteiger partial charge in [-0.05, 0) is 58.0 Å². The van der Waals surface area contributed by atoms with E-state index in [1.54, 1.807) is 0 Å². The fourth-order valence-electron chi connectivity index (χ4n) is 4.04. The molecule has 0 spiro atoms. The zero-order valence-corrected chi connectivity index (χ0v) is 15.5. The van der Waals surface area contributed by atoms with Gasteiger partial charge in [-0.1, -0.05) is 0 Å². The molecule has 0 aliphatic carbocycles. The first-order valence-corrected chi connectivity index (χ1v) is 8.66. The van der Waals surface area contributed by atoms with Gasteiger partial charge < -0.3 is 20.3 Å². The molecule has 0 aromatic heterocycles. The van der Waals surface area contributed by atoms with Gasteiger partial charge in [-0.15, -0.1) is 24.8 Å². The summed E-state index contributed by atoms with van der Waals surface area (Å²) in [5.74, 6) is 0.202. The normalized spacial score (nSPS) is 32.0. The van der Waals surface area contributed by atoms with Crippen LogP contribution in [0.1, 0.15) is 44.9 Å². The van der Waals surface area contributed by atoms with Crippen LogP contribution in [-0.2, 0) is 9.53 Å². The highest BCUT2D eigenvalue weighted by Crippen LogP contribution is 2.24. The molecule has 2 N–H and O–H groups in total. The summed E-state index contributed by atoms with van der Waals surface area (Å²) in [5, 5.41) is 0. The number of halogens is 2. The van der Waals surface area contributed by atoms with Crippen LogP contribution in [0.2, 0.25) is 0 Å². The highest BCUT2D eigenvalue weighted by Gasteiger charge is 2.34. The van der Waals surface area contributed by atoms with Gasteiger partial charge in [0.2, 0.25) is 0 Å². The minimum absolute atomic E-state index is 0. The number of rotatable bonds is 3. The molecule has 0 radical (unpaired) electrons. The average Bonchev–Trinajstić information content (AvgIpc) is 3.14. The number of nitrogens with zero attached hydrogens (tertiary/aromatic N) is 2. The van der Waals surface area contributed by atoms with Crippen LogP contribution < -0.4 is 5.73 Å². The summed E-state index contributed by atoms with van der Waals surface area (Å²) in [6.07, 6.45) is 7.79. The van der Waals surface area contributed by atoms with Gasteiger partial charge in [0.05, 0.1) is 6.10 Å². The number of carbonyl (C=O) groups is 1. The van der Waals surface area contributed by atoms with Crippen molar-refractivity contribution in [1.29, 1.82) is 0 Å². The van der Waals surface area contributed by atoms with E-state index in [-0.39, 0.29) is 42.9 Å². The molecule has 23 heavy (non-hydrogen) atoms.